The maximum absolute atomic E-state index is 11.9. The van der Waals surface area contributed by atoms with Crippen molar-refractivity contribution in [1.29, 1.82) is 0 Å². The second-order valence-corrected chi connectivity index (χ2v) is 4.10. The van der Waals surface area contributed by atoms with Gasteiger partial charge in [0, 0.05) is 11.1 Å². The first kappa shape index (κ1) is 11.0. The molecule has 0 atom stereocenters. The summed E-state index contributed by atoms with van der Waals surface area (Å²) in [6.45, 7) is 3.55. The molecule has 2 rings (SSSR count). The Morgan fingerprint density at radius 1 is 1.12 bits per heavy atom. The molecule has 3 heteroatoms. The Morgan fingerprint density at radius 2 is 1.75 bits per heavy atom. The lowest BCUT2D eigenvalue weighted by atomic mass is 10.0. The Morgan fingerprint density at radius 3 is 2.31 bits per heavy atom. The van der Waals surface area contributed by atoms with Crippen molar-refractivity contribution in [3.63, 3.8) is 0 Å². The number of halogens is 1. The summed E-state index contributed by atoms with van der Waals surface area (Å²) in [6.07, 6.45) is 0. The van der Waals surface area contributed by atoms with Crippen molar-refractivity contribution in [1.82, 2.24) is 0 Å². The van der Waals surface area contributed by atoms with E-state index in [1.807, 2.05) is 12.1 Å². The number of hydrogen-bond donors (Lipinski definition) is 0. The number of rotatable bonds is 1. The van der Waals surface area contributed by atoms with Gasteiger partial charge in [-0.1, -0.05) is 23.7 Å². The minimum atomic E-state index is -0.0245. The predicted octanol–water partition coefficient (Wildman–Crippen LogP) is 3.58. The highest BCUT2D eigenvalue weighted by molar-refractivity contribution is 6.30. The van der Waals surface area contributed by atoms with Crippen LogP contribution in [0.2, 0.25) is 5.02 Å². The molecule has 16 heavy (non-hydrogen) atoms. The van der Waals surface area contributed by atoms with Crippen molar-refractivity contribution in [3.05, 3.63) is 57.1 Å². The average molecular weight is 235 g/mol. The summed E-state index contributed by atoms with van der Waals surface area (Å²) in [5.41, 5.74) is 1.40. The fourth-order valence-electron chi connectivity index (χ4n) is 1.71. The molecule has 2 nitrogen and oxygen atoms in total. The van der Waals surface area contributed by atoms with E-state index in [2.05, 4.69) is 0 Å². The first-order valence-electron chi connectivity index (χ1n) is 4.95. The van der Waals surface area contributed by atoms with Crippen LogP contribution >= 0.6 is 11.6 Å². The Labute approximate surface area is 98.5 Å². The first-order chi connectivity index (χ1) is 7.58. The van der Waals surface area contributed by atoms with E-state index >= 15 is 0 Å². The third-order valence-electron chi connectivity index (χ3n) is 2.38. The molecule has 0 aliphatic rings. The lowest BCUT2D eigenvalue weighted by molar-refractivity contribution is 0.486. The van der Waals surface area contributed by atoms with E-state index in [-0.39, 0.29) is 5.43 Å². The zero-order valence-corrected chi connectivity index (χ0v) is 9.84. The van der Waals surface area contributed by atoms with Gasteiger partial charge < -0.3 is 4.42 Å². The van der Waals surface area contributed by atoms with Crippen molar-refractivity contribution in [2.75, 3.05) is 0 Å². The van der Waals surface area contributed by atoms with Gasteiger partial charge in [0.1, 0.15) is 11.5 Å². The molecule has 0 bridgehead atoms. The Hall–Kier alpha value is -1.54. The van der Waals surface area contributed by atoms with Crippen molar-refractivity contribution >= 4 is 11.6 Å². The van der Waals surface area contributed by atoms with Crippen LogP contribution < -0.4 is 5.43 Å². The number of aryl methyl sites for hydroxylation is 2. The van der Waals surface area contributed by atoms with Gasteiger partial charge >= 0.3 is 0 Å². The molecule has 0 N–H and O–H groups in total. The topological polar surface area (TPSA) is 30.2 Å². The molecule has 1 heterocycles. The van der Waals surface area contributed by atoms with Crippen molar-refractivity contribution in [2.45, 2.75) is 13.8 Å². The monoisotopic (exact) mass is 234 g/mol. The highest BCUT2D eigenvalue weighted by atomic mass is 35.5. The minimum Gasteiger partial charge on any atom is -0.466 e. The predicted molar refractivity (Wildman–Crippen MR) is 64.9 cm³/mol. The highest BCUT2D eigenvalue weighted by Crippen LogP contribution is 2.22. The van der Waals surface area contributed by atoms with Gasteiger partial charge in [0.05, 0.1) is 5.56 Å². The highest BCUT2D eigenvalue weighted by Gasteiger charge is 2.09. The van der Waals surface area contributed by atoms with Gasteiger partial charge in [-0.2, -0.15) is 0 Å². The van der Waals surface area contributed by atoms with E-state index in [0.717, 1.165) is 5.56 Å². The second-order valence-electron chi connectivity index (χ2n) is 3.66. The van der Waals surface area contributed by atoms with Gasteiger partial charge in [0.2, 0.25) is 0 Å². The van der Waals surface area contributed by atoms with Crippen LogP contribution in [0.3, 0.4) is 0 Å². The van der Waals surface area contributed by atoms with Crippen LogP contribution in [0.25, 0.3) is 11.1 Å². The van der Waals surface area contributed by atoms with Crippen LogP contribution in [0.5, 0.6) is 0 Å². The molecular weight excluding hydrogens is 224 g/mol. The summed E-state index contributed by atoms with van der Waals surface area (Å²) in [5.74, 6) is 1.26. The average Bonchev–Trinajstić information content (AvgIpc) is 2.19. The zero-order chi connectivity index (χ0) is 11.7. The molecule has 1 aromatic carbocycles. The number of hydrogen-bond acceptors (Lipinski definition) is 2. The minimum absolute atomic E-state index is 0.0245. The lowest BCUT2D eigenvalue weighted by Gasteiger charge is -2.05. The smallest absolute Gasteiger partial charge is 0.193 e. The van der Waals surface area contributed by atoms with E-state index < -0.39 is 0 Å². The Kier molecular flexibility index (Phi) is 2.84. The van der Waals surface area contributed by atoms with E-state index in [1.165, 1.54) is 6.07 Å². The van der Waals surface area contributed by atoms with Gasteiger partial charge in [-0.15, -0.1) is 0 Å². The third-order valence-corrected chi connectivity index (χ3v) is 2.63. The Bertz CT molecular complexity index is 567. The van der Waals surface area contributed by atoms with E-state index in [0.29, 0.717) is 22.1 Å². The molecule has 82 valence electrons. The molecule has 0 aliphatic heterocycles. The van der Waals surface area contributed by atoms with E-state index in [9.17, 15) is 4.79 Å². The fourth-order valence-corrected chi connectivity index (χ4v) is 1.84. The molecule has 0 fully saturated rings. The molecule has 0 unspecified atom stereocenters. The van der Waals surface area contributed by atoms with Gasteiger partial charge in [-0.3, -0.25) is 4.79 Å². The van der Waals surface area contributed by atoms with Crippen LogP contribution in [-0.4, -0.2) is 0 Å². The van der Waals surface area contributed by atoms with Gasteiger partial charge in [0.15, 0.2) is 5.43 Å². The molecule has 0 spiro atoms. The summed E-state index contributed by atoms with van der Waals surface area (Å²) < 4.78 is 5.44. The SMILES string of the molecule is Cc1cc(=O)c(-c2ccc(Cl)cc2)c(C)o1. The molecular formula is C13H11ClO2. The summed E-state index contributed by atoms with van der Waals surface area (Å²) in [6, 6.07) is 8.65. The van der Waals surface area contributed by atoms with Crippen LogP contribution in [0.15, 0.2) is 39.5 Å². The van der Waals surface area contributed by atoms with E-state index in [1.54, 1.807) is 26.0 Å². The summed E-state index contributed by atoms with van der Waals surface area (Å²) in [4.78, 5) is 11.9. The lowest BCUT2D eigenvalue weighted by Crippen LogP contribution is -2.05. The first-order valence-corrected chi connectivity index (χ1v) is 5.33. The molecule has 0 radical (unpaired) electrons. The second kappa shape index (κ2) is 4.14. The summed E-state index contributed by atoms with van der Waals surface area (Å²) in [7, 11) is 0. The van der Waals surface area contributed by atoms with Crippen LogP contribution in [0.1, 0.15) is 11.5 Å². The van der Waals surface area contributed by atoms with Crippen LogP contribution in [-0.2, 0) is 0 Å². The maximum atomic E-state index is 11.9. The molecule has 2 aromatic rings. The normalized spacial score (nSPS) is 10.4. The maximum Gasteiger partial charge on any atom is 0.193 e. The van der Waals surface area contributed by atoms with Crippen LogP contribution in [0.4, 0.5) is 0 Å². The summed E-state index contributed by atoms with van der Waals surface area (Å²) >= 11 is 5.80. The van der Waals surface area contributed by atoms with Crippen LogP contribution in [0, 0.1) is 13.8 Å². The van der Waals surface area contributed by atoms with Gasteiger partial charge in [-0.05, 0) is 31.5 Å². The standard InChI is InChI=1S/C13H11ClO2/c1-8-7-12(15)13(9(2)16-8)10-3-5-11(14)6-4-10/h3-7H,1-2H3. The summed E-state index contributed by atoms with van der Waals surface area (Å²) in [5, 5.41) is 0.651. The van der Waals surface area contributed by atoms with Crippen molar-refractivity contribution in [2.24, 2.45) is 0 Å². The zero-order valence-electron chi connectivity index (χ0n) is 9.08. The molecule has 0 saturated carbocycles. The molecule has 1 aromatic heterocycles. The van der Waals surface area contributed by atoms with Crippen molar-refractivity contribution < 1.29 is 4.42 Å². The molecule has 0 amide bonds. The Balaban J connectivity index is 2.65. The fraction of sp³-hybridized carbons (Fsp3) is 0.154. The largest absolute Gasteiger partial charge is 0.466 e. The quantitative estimate of drug-likeness (QED) is 0.755. The van der Waals surface area contributed by atoms with E-state index in [4.69, 9.17) is 16.0 Å². The molecule has 0 aliphatic carbocycles. The van der Waals surface area contributed by atoms with Gasteiger partial charge in [-0.25, -0.2) is 0 Å². The van der Waals surface area contributed by atoms with Gasteiger partial charge in [0.25, 0.3) is 0 Å². The third kappa shape index (κ3) is 2.02. The molecule has 0 saturated heterocycles. The van der Waals surface area contributed by atoms with Crippen molar-refractivity contribution in [3.8, 4) is 11.1 Å². The number of benzene rings is 1.